The number of carboxylic acid groups (broad SMARTS) is 1. The maximum atomic E-state index is 12.2. The van der Waals surface area contributed by atoms with E-state index in [9.17, 15) is 13.2 Å². The molecule has 0 radical (unpaired) electrons. The number of sulfonamides is 1. The highest BCUT2D eigenvalue weighted by Gasteiger charge is 2.20. The molecule has 0 unspecified atom stereocenters. The van der Waals surface area contributed by atoms with Crippen LogP contribution in [0.5, 0.6) is 5.75 Å². The fraction of sp³-hybridized carbons (Fsp3) is 0.0833. The molecule has 0 amide bonds. The van der Waals surface area contributed by atoms with E-state index in [2.05, 4.69) is 4.72 Å². The van der Waals surface area contributed by atoms with Crippen LogP contribution in [0.1, 0.15) is 9.67 Å². The van der Waals surface area contributed by atoms with Crippen LogP contribution in [0.3, 0.4) is 0 Å². The normalized spacial score (nSPS) is 11.1. The van der Waals surface area contributed by atoms with Gasteiger partial charge in [0, 0.05) is 6.07 Å². The molecule has 21 heavy (non-hydrogen) atoms. The minimum atomic E-state index is -3.91. The summed E-state index contributed by atoms with van der Waals surface area (Å²) in [4.78, 5) is 10.7. The van der Waals surface area contributed by atoms with Crippen molar-refractivity contribution >= 4 is 44.6 Å². The minimum absolute atomic E-state index is 0.0629. The summed E-state index contributed by atoms with van der Waals surface area (Å²) in [6, 6.07) is 6.98. The van der Waals surface area contributed by atoms with Gasteiger partial charge in [-0.15, -0.1) is 11.3 Å². The number of carboxylic acids is 1. The van der Waals surface area contributed by atoms with Gasteiger partial charge in [-0.1, -0.05) is 11.6 Å². The van der Waals surface area contributed by atoms with Gasteiger partial charge in [-0.25, -0.2) is 13.2 Å². The van der Waals surface area contributed by atoms with Crippen LogP contribution in [-0.2, 0) is 10.0 Å². The monoisotopic (exact) mass is 347 g/mol. The average molecular weight is 348 g/mol. The molecule has 0 saturated heterocycles. The van der Waals surface area contributed by atoms with E-state index >= 15 is 0 Å². The van der Waals surface area contributed by atoms with Crippen molar-refractivity contribution in [1.82, 2.24) is 0 Å². The van der Waals surface area contributed by atoms with Crippen molar-refractivity contribution in [2.45, 2.75) is 4.21 Å². The van der Waals surface area contributed by atoms with Gasteiger partial charge in [0.05, 0.1) is 17.8 Å². The molecule has 0 atom stereocenters. The first-order chi connectivity index (χ1) is 9.83. The summed E-state index contributed by atoms with van der Waals surface area (Å²) in [5, 5.41) is 9.03. The summed E-state index contributed by atoms with van der Waals surface area (Å²) in [5.74, 6) is -0.740. The van der Waals surface area contributed by atoms with E-state index < -0.39 is 16.0 Å². The van der Waals surface area contributed by atoms with Crippen LogP contribution in [-0.4, -0.2) is 26.6 Å². The summed E-state index contributed by atoms with van der Waals surface area (Å²) in [5.41, 5.74) is 0.154. The lowest BCUT2D eigenvalue weighted by Gasteiger charge is -2.09. The quantitative estimate of drug-likeness (QED) is 0.867. The zero-order valence-electron chi connectivity index (χ0n) is 10.7. The molecule has 0 spiro atoms. The molecular weight excluding hydrogens is 338 g/mol. The number of halogens is 1. The van der Waals surface area contributed by atoms with Gasteiger partial charge in [0.2, 0.25) is 0 Å². The van der Waals surface area contributed by atoms with E-state index in [1.165, 1.54) is 31.4 Å². The number of nitrogens with one attached hydrogen (secondary N) is 1. The molecule has 9 heteroatoms. The first-order valence-corrected chi connectivity index (χ1v) is 8.21. The fourth-order valence-corrected chi connectivity index (χ4v) is 3.92. The Morgan fingerprint density at radius 2 is 2.05 bits per heavy atom. The molecule has 1 heterocycles. The number of rotatable bonds is 5. The molecule has 0 aliphatic heterocycles. The zero-order chi connectivity index (χ0) is 15.6. The smallest absolute Gasteiger partial charge is 0.345 e. The van der Waals surface area contributed by atoms with Gasteiger partial charge in [-0.05, 0) is 24.3 Å². The number of ether oxygens (including phenoxy) is 1. The van der Waals surface area contributed by atoms with Crippen LogP contribution >= 0.6 is 22.9 Å². The predicted molar refractivity (Wildman–Crippen MR) is 80.1 cm³/mol. The summed E-state index contributed by atoms with van der Waals surface area (Å²) in [7, 11) is -2.46. The molecule has 0 aliphatic rings. The van der Waals surface area contributed by atoms with Crippen LogP contribution in [0.25, 0.3) is 0 Å². The third kappa shape index (κ3) is 3.46. The number of thiophene rings is 1. The number of carbonyl (C=O) groups is 1. The third-order valence-corrected chi connectivity index (χ3v) is 5.73. The molecule has 2 rings (SSSR count). The summed E-state index contributed by atoms with van der Waals surface area (Å²) in [6.45, 7) is 0. The van der Waals surface area contributed by atoms with Gasteiger partial charge in [0.1, 0.15) is 14.8 Å². The SMILES string of the molecule is COc1ccc(Cl)c(NS(=O)(=O)c2ccc(C(=O)O)s2)c1. The lowest BCUT2D eigenvalue weighted by atomic mass is 10.3. The maximum absolute atomic E-state index is 12.2. The minimum Gasteiger partial charge on any atom is -0.497 e. The van der Waals surface area contributed by atoms with E-state index in [0.717, 1.165) is 0 Å². The van der Waals surface area contributed by atoms with Crippen molar-refractivity contribution in [3.05, 3.63) is 40.2 Å². The number of aromatic carboxylic acids is 1. The Morgan fingerprint density at radius 1 is 1.33 bits per heavy atom. The van der Waals surface area contributed by atoms with Gasteiger partial charge in [-0.2, -0.15) is 0 Å². The second-order valence-corrected chi connectivity index (χ2v) is 7.28. The molecular formula is C12H10ClNO5S2. The molecule has 0 aliphatic carbocycles. The Balaban J connectivity index is 2.34. The van der Waals surface area contributed by atoms with Crippen LogP contribution in [0.4, 0.5) is 5.69 Å². The van der Waals surface area contributed by atoms with Crippen molar-refractivity contribution in [1.29, 1.82) is 0 Å². The largest absolute Gasteiger partial charge is 0.497 e. The van der Waals surface area contributed by atoms with Crippen molar-refractivity contribution < 1.29 is 23.1 Å². The lowest BCUT2D eigenvalue weighted by molar-refractivity contribution is 0.0702. The van der Waals surface area contributed by atoms with E-state index in [1.807, 2.05) is 0 Å². The average Bonchev–Trinajstić information content (AvgIpc) is 2.92. The number of methoxy groups -OCH3 is 1. The molecule has 2 N–H and O–H groups in total. The summed E-state index contributed by atoms with van der Waals surface area (Å²) in [6.07, 6.45) is 0. The van der Waals surface area contributed by atoms with Crippen molar-refractivity contribution in [2.24, 2.45) is 0 Å². The highest BCUT2D eigenvalue weighted by Crippen LogP contribution is 2.30. The number of anilines is 1. The van der Waals surface area contributed by atoms with E-state index in [-0.39, 0.29) is 19.8 Å². The van der Waals surface area contributed by atoms with E-state index in [0.29, 0.717) is 17.1 Å². The van der Waals surface area contributed by atoms with E-state index in [4.69, 9.17) is 21.4 Å². The molecule has 112 valence electrons. The van der Waals surface area contributed by atoms with Gasteiger partial charge < -0.3 is 9.84 Å². The van der Waals surface area contributed by atoms with Crippen LogP contribution < -0.4 is 9.46 Å². The van der Waals surface area contributed by atoms with Crippen LogP contribution in [0, 0.1) is 0 Å². The van der Waals surface area contributed by atoms with Gasteiger partial charge in [0.15, 0.2) is 0 Å². The Bertz CT molecular complexity index is 785. The molecule has 0 saturated carbocycles. The van der Waals surface area contributed by atoms with Crippen molar-refractivity contribution in [2.75, 3.05) is 11.8 Å². The molecule has 1 aromatic heterocycles. The maximum Gasteiger partial charge on any atom is 0.345 e. The van der Waals surface area contributed by atoms with E-state index in [1.54, 1.807) is 6.07 Å². The number of hydrogen-bond acceptors (Lipinski definition) is 5. The highest BCUT2D eigenvalue weighted by molar-refractivity contribution is 7.94. The molecule has 6 nitrogen and oxygen atoms in total. The number of hydrogen-bond donors (Lipinski definition) is 2. The summed E-state index contributed by atoms with van der Waals surface area (Å²) >= 11 is 6.59. The van der Waals surface area contributed by atoms with Crippen LogP contribution in [0.15, 0.2) is 34.5 Å². The van der Waals surface area contributed by atoms with Gasteiger partial charge >= 0.3 is 5.97 Å². The van der Waals surface area contributed by atoms with Gasteiger partial charge in [0.25, 0.3) is 10.0 Å². The second kappa shape index (κ2) is 5.92. The molecule has 1 aromatic carbocycles. The second-order valence-electron chi connectivity index (χ2n) is 3.88. The van der Waals surface area contributed by atoms with Gasteiger partial charge in [-0.3, -0.25) is 4.72 Å². The fourth-order valence-electron chi connectivity index (χ4n) is 1.48. The van der Waals surface area contributed by atoms with Crippen molar-refractivity contribution in [3.8, 4) is 5.75 Å². The Hall–Kier alpha value is -1.77. The highest BCUT2D eigenvalue weighted by atomic mass is 35.5. The topological polar surface area (TPSA) is 92.7 Å². The molecule has 0 fully saturated rings. The lowest BCUT2D eigenvalue weighted by Crippen LogP contribution is -2.11. The van der Waals surface area contributed by atoms with Crippen LogP contribution in [0.2, 0.25) is 5.02 Å². The number of benzene rings is 1. The first-order valence-electron chi connectivity index (χ1n) is 5.53. The summed E-state index contributed by atoms with van der Waals surface area (Å²) < 4.78 is 31.6. The molecule has 2 aromatic rings. The standard InChI is InChI=1S/C12H10ClNO5S2/c1-19-7-2-3-8(13)9(6-7)14-21(17,18)11-5-4-10(20-11)12(15)16/h2-6,14H,1H3,(H,15,16). The predicted octanol–water partition coefficient (Wildman–Crippen LogP) is 2.91. The Kier molecular flexibility index (Phi) is 4.40. The zero-order valence-corrected chi connectivity index (χ0v) is 13.1. The molecule has 0 bridgehead atoms. The first kappa shape index (κ1) is 15.6. The Morgan fingerprint density at radius 3 is 2.62 bits per heavy atom. The third-order valence-electron chi connectivity index (χ3n) is 2.47. The Labute approximate surface area is 130 Å². The van der Waals surface area contributed by atoms with Crippen molar-refractivity contribution in [3.63, 3.8) is 0 Å².